The highest BCUT2D eigenvalue weighted by atomic mass is 32.1. The third kappa shape index (κ3) is 1.19. The van der Waals surface area contributed by atoms with Gasteiger partial charge in [-0.3, -0.25) is 4.79 Å². The Hall–Kier alpha value is -1.42. The first-order valence-corrected chi connectivity index (χ1v) is 4.51. The van der Waals surface area contributed by atoms with Crippen molar-refractivity contribution in [1.82, 2.24) is 0 Å². The van der Waals surface area contributed by atoms with Gasteiger partial charge in [-0.1, -0.05) is 0 Å². The van der Waals surface area contributed by atoms with Gasteiger partial charge in [-0.25, -0.2) is 4.39 Å². The molecule has 2 nitrogen and oxygen atoms in total. The highest BCUT2D eigenvalue weighted by Gasteiger charge is 2.07. The molecule has 0 saturated heterocycles. The molecule has 0 spiro atoms. The van der Waals surface area contributed by atoms with Crippen LogP contribution in [0.2, 0.25) is 0 Å². The fraction of sp³-hybridized carbons (Fsp3) is 0. The van der Waals surface area contributed by atoms with Crippen LogP contribution in [-0.2, 0) is 0 Å². The molecule has 0 fully saturated rings. The molecule has 0 saturated carbocycles. The molecule has 0 aliphatic rings. The fourth-order valence-corrected chi connectivity index (χ4v) is 2.16. The molecule has 0 bridgehead atoms. The van der Waals surface area contributed by atoms with Crippen molar-refractivity contribution in [3.05, 3.63) is 28.9 Å². The Morgan fingerprint density at radius 1 is 1.46 bits per heavy atom. The van der Waals surface area contributed by atoms with E-state index in [0.29, 0.717) is 22.9 Å². The van der Waals surface area contributed by atoms with E-state index in [9.17, 15) is 9.18 Å². The average molecular weight is 195 g/mol. The van der Waals surface area contributed by atoms with E-state index in [1.54, 1.807) is 5.38 Å². The van der Waals surface area contributed by atoms with Crippen molar-refractivity contribution in [2.24, 2.45) is 0 Å². The van der Waals surface area contributed by atoms with Crippen molar-refractivity contribution in [2.75, 3.05) is 5.73 Å². The van der Waals surface area contributed by atoms with Gasteiger partial charge in [0.1, 0.15) is 5.82 Å². The SMILES string of the molecule is Nc1cc(F)cc2c(C=O)csc12. The summed E-state index contributed by atoms with van der Waals surface area (Å²) in [5, 5.41) is 2.27. The molecular formula is C9H6FNOS. The summed E-state index contributed by atoms with van der Waals surface area (Å²) in [6.45, 7) is 0. The van der Waals surface area contributed by atoms with E-state index in [2.05, 4.69) is 0 Å². The van der Waals surface area contributed by atoms with Gasteiger partial charge in [0.15, 0.2) is 6.29 Å². The van der Waals surface area contributed by atoms with E-state index in [1.165, 1.54) is 23.5 Å². The average Bonchev–Trinajstić information content (AvgIpc) is 2.47. The lowest BCUT2D eigenvalue weighted by Gasteiger charge is -1.96. The van der Waals surface area contributed by atoms with Crippen LogP contribution in [0, 0.1) is 5.82 Å². The quantitative estimate of drug-likeness (QED) is 0.561. The zero-order valence-electron chi connectivity index (χ0n) is 6.58. The third-order valence-corrected chi connectivity index (χ3v) is 2.89. The summed E-state index contributed by atoms with van der Waals surface area (Å²) in [4.78, 5) is 10.5. The molecule has 1 aromatic heterocycles. The predicted molar refractivity (Wildman–Crippen MR) is 51.6 cm³/mol. The first-order valence-electron chi connectivity index (χ1n) is 3.64. The maximum absolute atomic E-state index is 12.9. The molecular weight excluding hydrogens is 189 g/mol. The summed E-state index contributed by atoms with van der Waals surface area (Å²) in [6.07, 6.45) is 0.706. The number of nitrogen functional groups attached to an aromatic ring is 1. The molecule has 0 radical (unpaired) electrons. The maximum atomic E-state index is 12.9. The highest BCUT2D eigenvalue weighted by Crippen LogP contribution is 2.30. The molecule has 2 aromatic rings. The molecule has 0 atom stereocenters. The summed E-state index contributed by atoms with van der Waals surface area (Å²) in [5.41, 5.74) is 6.45. The predicted octanol–water partition coefficient (Wildman–Crippen LogP) is 2.44. The zero-order valence-corrected chi connectivity index (χ0v) is 7.40. The number of halogens is 1. The smallest absolute Gasteiger partial charge is 0.151 e. The molecule has 2 N–H and O–H groups in total. The van der Waals surface area contributed by atoms with Gasteiger partial charge in [0.25, 0.3) is 0 Å². The molecule has 2 rings (SSSR count). The minimum Gasteiger partial charge on any atom is -0.397 e. The summed E-state index contributed by atoms with van der Waals surface area (Å²) in [5.74, 6) is -0.411. The minimum absolute atomic E-state index is 0.383. The van der Waals surface area contributed by atoms with Gasteiger partial charge >= 0.3 is 0 Å². The number of hydrogen-bond donors (Lipinski definition) is 1. The largest absolute Gasteiger partial charge is 0.397 e. The van der Waals surface area contributed by atoms with E-state index < -0.39 is 5.82 Å². The molecule has 0 aliphatic heterocycles. The zero-order chi connectivity index (χ0) is 9.42. The molecule has 66 valence electrons. The van der Waals surface area contributed by atoms with E-state index in [4.69, 9.17) is 5.73 Å². The van der Waals surface area contributed by atoms with Crippen LogP contribution in [0.5, 0.6) is 0 Å². The van der Waals surface area contributed by atoms with Crippen molar-refractivity contribution in [2.45, 2.75) is 0 Å². The van der Waals surface area contributed by atoms with Gasteiger partial charge < -0.3 is 5.73 Å². The lowest BCUT2D eigenvalue weighted by molar-refractivity contribution is 0.112. The van der Waals surface area contributed by atoms with Gasteiger partial charge in [0, 0.05) is 16.3 Å². The van der Waals surface area contributed by atoms with Crippen LogP contribution in [0.25, 0.3) is 10.1 Å². The second kappa shape index (κ2) is 2.81. The van der Waals surface area contributed by atoms with Crippen molar-refractivity contribution >= 4 is 33.4 Å². The van der Waals surface area contributed by atoms with E-state index in [0.717, 1.165) is 4.70 Å². The first kappa shape index (κ1) is 8.19. The number of nitrogens with two attached hydrogens (primary N) is 1. The molecule has 0 amide bonds. The second-order valence-electron chi connectivity index (χ2n) is 2.68. The third-order valence-electron chi connectivity index (χ3n) is 1.82. The number of aldehydes is 1. The number of benzene rings is 1. The first-order chi connectivity index (χ1) is 6.22. The van der Waals surface area contributed by atoms with Gasteiger partial charge in [0.05, 0.1) is 10.4 Å². The molecule has 13 heavy (non-hydrogen) atoms. The minimum atomic E-state index is -0.411. The summed E-state index contributed by atoms with van der Waals surface area (Å²) >= 11 is 1.35. The number of thiophene rings is 1. The Bertz CT molecular complexity index is 478. The monoisotopic (exact) mass is 195 g/mol. The number of rotatable bonds is 1. The van der Waals surface area contributed by atoms with Crippen LogP contribution in [0.15, 0.2) is 17.5 Å². The Morgan fingerprint density at radius 2 is 2.23 bits per heavy atom. The lowest BCUT2D eigenvalue weighted by atomic mass is 10.2. The molecule has 1 aromatic carbocycles. The number of anilines is 1. The Labute approximate surface area is 77.8 Å². The molecule has 4 heteroatoms. The van der Waals surface area contributed by atoms with Crippen LogP contribution in [0.3, 0.4) is 0 Å². The number of carbonyl (C=O) groups excluding carboxylic acids is 1. The van der Waals surface area contributed by atoms with Gasteiger partial charge in [-0.15, -0.1) is 11.3 Å². The normalized spacial score (nSPS) is 10.5. The Morgan fingerprint density at radius 3 is 2.92 bits per heavy atom. The highest BCUT2D eigenvalue weighted by molar-refractivity contribution is 7.18. The standard InChI is InChI=1S/C9H6FNOS/c10-6-1-7-5(3-12)4-13-9(7)8(11)2-6/h1-4H,11H2. The summed E-state index contributed by atoms with van der Waals surface area (Å²) in [7, 11) is 0. The van der Waals surface area contributed by atoms with Crippen LogP contribution in [0.4, 0.5) is 10.1 Å². The summed E-state index contributed by atoms with van der Waals surface area (Å²) in [6, 6.07) is 2.58. The molecule has 0 unspecified atom stereocenters. The molecule has 0 aliphatic carbocycles. The van der Waals surface area contributed by atoms with Gasteiger partial charge in [-0.2, -0.15) is 0 Å². The maximum Gasteiger partial charge on any atom is 0.151 e. The topological polar surface area (TPSA) is 43.1 Å². The van der Waals surface area contributed by atoms with E-state index >= 15 is 0 Å². The molecule has 1 heterocycles. The van der Waals surface area contributed by atoms with E-state index in [1.807, 2.05) is 0 Å². The number of carbonyl (C=O) groups is 1. The number of fused-ring (bicyclic) bond motifs is 1. The van der Waals surface area contributed by atoms with Crippen molar-refractivity contribution < 1.29 is 9.18 Å². The Balaban J connectivity index is 2.89. The van der Waals surface area contributed by atoms with Crippen molar-refractivity contribution in [3.63, 3.8) is 0 Å². The number of hydrogen-bond acceptors (Lipinski definition) is 3. The van der Waals surface area contributed by atoms with Crippen LogP contribution >= 0.6 is 11.3 Å². The van der Waals surface area contributed by atoms with E-state index in [-0.39, 0.29) is 0 Å². The van der Waals surface area contributed by atoms with Crippen LogP contribution in [-0.4, -0.2) is 6.29 Å². The summed E-state index contributed by atoms with van der Waals surface area (Å²) < 4.78 is 13.7. The van der Waals surface area contributed by atoms with Crippen molar-refractivity contribution in [1.29, 1.82) is 0 Å². The van der Waals surface area contributed by atoms with Gasteiger partial charge in [0.2, 0.25) is 0 Å². The van der Waals surface area contributed by atoms with Crippen LogP contribution in [0.1, 0.15) is 10.4 Å². The van der Waals surface area contributed by atoms with Crippen molar-refractivity contribution in [3.8, 4) is 0 Å². The fourth-order valence-electron chi connectivity index (χ4n) is 1.24. The second-order valence-corrected chi connectivity index (χ2v) is 3.56. The van der Waals surface area contributed by atoms with Gasteiger partial charge in [-0.05, 0) is 12.1 Å². The Kier molecular flexibility index (Phi) is 1.77. The van der Waals surface area contributed by atoms with Crippen LogP contribution < -0.4 is 5.73 Å². The lowest BCUT2D eigenvalue weighted by Crippen LogP contribution is -1.87.